The molecule has 0 aromatic carbocycles. The SMILES string of the molecule is CCC(=O)NCCOCCOCCOCCOCCOCCOCCOC1CCN(C(C)C)CC1. The monoisotopic (exact) mass is 506 g/mol. The maximum absolute atomic E-state index is 11.0. The molecule has 1 heterocycles. The number of amides is 1. The lowest BCUT2D eigenvalue weighted by molar-refractivity contribution is -0.121. The summed E-state index contributed by atoms with van der Waals surface area (Å²) in [7, 11) is 0. The summed E-state index contributed by atoms with van der Waals surface area (Å²) in [6, 6.07) is 0.625. The Morgan fingerprint density at radius 1 is 0.714 bits per heavy atom. The fourth-order valence-corrected chi connectivity index (χ4v) is 3.42. The van der Waals surface area contributed by atoms with Crippen molar-refractivity contribution in [2.75, 3.05) is 106 Å². The molecular formula is C25H50N2O8. The van der Waals surface area contributed by atoms with Gasteiger partial charge in [-0.3, -0.25) is 4.79 Å². The third-order valence-corrected chi connectivity index (χ3v) is 5.54. The molecule has 1 rings (SSSR count). The predicted molar refractivity (Wildman–Crippen MR) is 134 cm³/mol. The Morgan fingerprint density at radius 3 is 1.51 bits per heavy atom. The van der Waals surface area contributed by atoms with Crippen molar-refractivity contribution in [1.29, 1.82) is 0 Å². The highest BCUT2D eigenvalue weighted by Crippen LogP contribution is 2.15. The van der Waals surface area contributed by atoms with Gasteiger partial charge in [0.2, 0.25) is 5.91 Å². The van der Waals surface area contributed by atoms with Gasteiger partial charge in [-0.2, -0.15) is 0 Å². The molecule has 0 atom stereocenters. The lowest BCUT2D eigenvalue weighted by Crippen LogP contribution is -2.41. The standard InChI is InChI=1S/C25H50N2O8/c1-4-25(28)26-7-10-29-11-12-30-13-14-31-15-16-32-17-18-33-19-20-34-21-22-35-24-5-8-27(9-6-24)23(2)3/h23-24H,4-22H2,1-3H3,(H,26,28). The number of hydrogen-bond donors (Lipinski definition) is 1. The van der Waals surface area contributed by atoms with E-state index in [0.717, 1.165) is 25.9 Å². The minimum absolute atomic E-state index is 0.0355. The molecular weight excluding hydrogens is 456 g/mol. The Kier molecular flexibility index (Phi) is 21.6. The zero-order chi connectivity index (χ0) is 25.4. The van der Waals surface area contributed by atoms with Gasteiger partial charge >= 0.3 is 0 Å². The Labute approximate surface area is 212 Å². The number of nitrogens with one attached hydrogen (secondary N) is 1. The van der Waals surface area contributed by atoms with Crippen LogP contribution in [0.2, 0.25) is 0 Å². The second-order valence-electron chi connectivity index (χ2n) is 8.58. The number of nitrogens with zero attached hydrogens (tertiary/aromatic N) is 1. The first kappa shape index (κ1) is 32.2. The number of piperidine rings is 1. The fraction of sp³-hybridized carbons (Fsp3) is 0.960. The predicted octanol–water partition coefficient (Wildman–Crippen LogP) is 1.50. The van der Waals surface area contributed by atoms with Gasteiger partial charge in [0.1, 0.15) is 0 Å². The van der Waals surface area contributed by atoms with E-state index in [2.05, 4.69) is 24.1 Å². The first-order chi connectivity index (χ1) is 17.1. The van der Waals surface area contributed by atoms with Crippen LogP contribution in [0.15, 0.2) is 0 Å². The summed E-state index contributed by atoms with van der Waals surface area (Å²) in [5.41, 5.74) is 0. The van der Waals surface area contributed by atoms with Crippen LogP contribution in [0.5, 0.6) is 0 Å². The van der Waals surface area contributed by atoms with Crippen molar-refractivity contribution in [1.82, 2.24) is 10.2 Å². The zero-order valence-electron chi connectivity index (χ0n) is 22.3. The molecule has 1 fully saturated rings. The average Bonchev–Trinajstić information content (AvgIpc) is 2.87. The van der Waals surface area contributed by atoms with E-state index in [1.165, 1.54) is 0 Å². The van der Waals surface area contributed by atoms with Crippen LogP contribution in [0.4, 0.5) is 0 Å². The van der Waals surface area contributed by atoms with Gasteiger partial charge in [0.05, 0.1) is 92.0 Å². The molecule has 0 unspecified atom stereocenters. The summed E-state index contributed by atoms with van der Waals surface area (Å²) < 4.78 is 38.7. The van der Waals surface area contributed by atoms with Crippen molar-refractivity contribution in [2.24, 2.45) is 0 Å². The second kappa shape index (κ2) is 23.5. The third kappa shape index (κ3) is 20.0. The number of carbonyl (C=O) groups excluding carboxylic acids is 1. The second-order valence-corrected chi connectivity index (χ2v) is 8.58. The summed E-state index contributed by atoms with van der Waals surface area (Å²) in [4.78, 5) is 13.5. The smallest absolute Gasteiger partial charge is 0.219 e. The molecule has 1 amide bonds. The van der Waals surface area contributed by atoms with Crippen molar-refractivity contribution in [2.45, 2.75) is 52.2 Å². The molecule has 0 aromatic heterocycles. The van der Waals surface area contributed by atoms with Crippen LogP contribution in [0, 0.1) is 0 Å². The molecule has 35 heavy (non-hydrogen) atoms. The molecule has 1 aliphatic rings. The molecule has 10 nitrogen and oxygen atoms in total. The van der Waals surface area contributed by atoms with Gasteiger partial charge in [0.25, 0.3) is 0 Å². The number of likely N-dealkylation sites (tertiary alicyclic amines) is 1. The average molecular weight is 507 g/mol. The van der Waals surface area contributed by atoms with Gasteiger partial charge in [0.15, 0.2) is 0 Å². The van der Waals surface area contributed by atoms with Gasteiger partial charge in [0, 0.05) is 32.1 Å². The first-order valence-corrected chi connectivity index (χ1v) is 13.2. The number of rotatable bonds is 24. The summed E-state index contributed by atoms with van der Waals surface area (Å²) in [5, 5.41) is 2.75. The highest BCUT2D eigenvalue weighted by atomic mass is 16.6. The van der Waals surface area contributed by atoms with Crippen molar-refractivity contribution in [3.8, 4) is 0 Å². The van der Waals surface area contributed by atoms with E-state index >= 15 is 0 Å². The van der Waals surface area contributed by atoms with E-state index in [0.29, 0.717) is 111 Å². The van der Waals surface area contributed by atoms with E-state index in [-0.39, 0.29) is 5.91 Å². The topological polar surface area (TPSA) is 97.0 Å². The summed E-state index contributed by atoms with van der Waals surface area (Å²) in [6.07, 6.45) is 3.08. The van der Waals surface area contributed by atoms with Crippen LogP contribution in [0.3, 0.4) is 0 Å². The Bertz CT molecular complexity index is 476. The minimum atomic E-state index is 0.0355. The van der Waals surface area contributed by atoms with Gasteiger partial charge in [-0.15, -0.1) is 0 Å². The Morgan fingerprint density at radius 2 is 1.11 bits per heavy atom. The van der Waals surface area contributed by atoms with Gasteiger partial charge in [-0.25, -0.2) is 0 Å². The summed E-state index contributed by atoms with van der Waals surface area (Å²) in [5.74, 6) is 0.0355. The maximum Gasteiger partial charge on any atom is 0.219 e. The van der Waals surface area contributed by atoms with Crippen LogP contribution in [0.1, 0.15) is 40.0 Å². The van der Waals surface area contributed by atoms with Gasteiger partial charge < -0.3 is 43.4 Å². The van der Waals surface area contributed by atoms with Crippen molar-refractivity contribution < 1.29 is 38.0 Å². The van der Waals surface area contributed by atoms with Crippen LogP contribution in [-0.2, 0) is 38.0 Å². The van der Waals surface area contributed by atoms with E-state index in [4.69, 9.17) is 33.2 Å². The summed E-state index contributed by atoms with van der Waals surface area (Å²) in [6.45, 7) is 16.1. The van der Waals surface area contributed by atoms with Crippen molar-refractivity contribution in [3.63, 3.8) is 0 Å². The largest absolute Gasteiger partial charge is 0.377 e. The van der Waals surface area contributed by atoms with E-state index in [9.17, 15) is 4.79 Å². The van der Waals surface area contributed by atoms with E-state index in [1.54, 1.807) is 0 Å². The first-order valence-electron chi connectivity index (χ1n) is 13.2. The summed E-state index contributed by atoms with van der Waals surface area (Å²) >= 11 is 0. The Hall–Kier alpha value is -0.850. The van der Waals surface area contributed by atoms with Crippen LogP contribution in [0.25, 0.3) is 0 Å². The zero-order valence-corrected chi connectivity index (χ0v) is 22.3. The molecule has 0 aliphatic carbocycles. The number of carbonyl (C=O) groups is 1. The van der Waals surface area contributed by atoms with Crippen LogP contribution < -0.4 is 5.32 Å². The molecule has 0 spiro atoms. The highest BCUT2D eigenvalue weighted by molar-refractivity contribution is 5.75. The van der Waals surface area contributed by atoms with Crippen LogP contribution >= 0.6 is 0 Å². The molecule has 0 bridgehead atoms. The molecule has 208 valence electrons. The number of hydrogen-bond acceptors (Lipinski definition) is 9. The molecule has 0 radical (unpaired) electrons. The normalized spacial score (nSPS) is 15.2. The van der Waals surface area contributed by atoms with Gasteiger partial charge in [-0.1, -0.05) is 6.92 Å². The third-order valence-electron chi connectivity index (χ3n) is 5.54. The van der Waals surface area contributed by atoms with Crippen molar-refractivity contribution >= 4 is 5.91 Å². The van der Waals surface area contributed by atoms with Gasteiger partial charge in [-0.05, 0) is 26.7 Å². The molecule has 1 N–H and O–H groups in total. The van der Waals surface area contributed by atoms with E-state index < -0.39 is 0 Å². The lowest BCUT2D eigenvalue weighted by Gasteiger charge is -2.34. The molecule has 1 aliphatic heterocycles. The minimum Gasteiger partial charge on any atom is -0.377 e. The quantitative estimate of drug-likeness (QED) is 0.195. The fourth-order valence-electron chi connectivity index (χ4n) is 3.42. The number of ether oxygens (including phenoxy) is 7. The Balaban J connectivity index is 1.68. The molecule has 1 saturated heterocycles. The molecule has 10 heteroatoms. The molecule has 0 saturated carbocycles. The van der Waals surface area contributed by atoms with Crippen LogP contribution in [-0.4, -0.2) is 128 Å². The van der Waals surface area contributed by atoms with Crippen molar-refractivity contribution in [3.05, 3.63) is 0 Å². The maximum atomic E-state index is 11.0. The lowest BCUT2D eigenvalue weighted by atomic mass is 10.1. The highest BCUT2D eigenvalue weighted by Gasteiger charge is 2.20. The molecule has 0 aromatic rings. The van der Waals surface area contributed by atoms with E-state index in [1.807, 2.05) is 6.92 Å².